The van der Waals surface area contributed by atoms with E-state index in [1.54, 1.807) is 12.1 Å². The van der Waals surface area contributed by atoms with Gasteiger partial charge in [0.25, 0.3) is 5.91 Å². The Labute approximate surface area is 115 Å². The molecule has 98 valence electrons. The summed E-state index contributed by atoms with van der Waals surface area (Å²) in [5.74, 6) is -0.386. The highest BCUT2D eigenvalue weighted by Crippen LogP contribution is 2.24. The summed E-state index contributed by atoms with van der Waals surface area (Å²) in [5.41, 5.74) is 0.459. The Balaban J connectivity index is 2.08. The van der Waals surface area contributed by atoms with E-state index in [4.69, 9.17) is 0 Å². The van der Waals surface area contributed by atoms with Crippen LogP contribution in [0.15, 0.2) is 24.3 Å². The monoisotopic (exact) mass is 313 g/mol. The highest BCUT2D eigenvalue weighted by Gasteiger charge is 2.28. The first-order valence-electron chi connectivity index (χ1n) is 6.35. The molecule has 0 aromatic heterocycles. The van der Waals surface area contributed by atoms with Crippen molar-refractivity contribution in [1.29, 1.82) is 0 Å². The number of benzene rings is 1. The number of amides is 1. The van der Waals surface area contributed by atoms with Crippen molar-refractivity contribution in [3.05, 3.63) is 35.6 Å². The first-order chi connectivity index (χ1) is 8.72. The summed E-state index contributed by atoms with van der Waals surface area (Å²) in [7, 11) is 0. The molecule has 1 saturated heterocycles. The molecule has 1 fully saturated rings. The first kappa shape index (κ1) is 13.5. The number of hydrogen-bond donors (Lipinski definition) is 0. The van der Waals surface area contributed by atoms with Crippen LogP contribution in [0.25, 0.3) is 0 Å². The van der Waals surface area contributed by atoms with Gasteiger partial charge in [0.2, 0.25) is 0 Å². The fourth-order valence-electron chi connectivity index (χ4n) is 2.50. The fourth-order valence-corrected chi connectivity index (χ4v) is 2.83. The van der Waals surface area contributed by atoms with Gasteiger partial charge in [0.1, 0.15) is 5.82 Å². The van der Waals surface area contributed by atoms with Crippen LogP contribution < -0.4 is 0 Å². The Hall–Kier alpha value is -0.900. The van der Waals surface area contributed by atoms with E-state index in [2.05, 4.69) is 15.9 Å². The Morgan fingerprint density at radius 2 is 2.33 bits per heavy atom. The maximum absolute atomic E-state index is 13.1. The molecule has 0 aliphatic carbocycles. The third kappa shape index (κ3) is 3.10. The Morgan fingerprint density at radius 3 is 3.06 bits per heavy atom. The van der Waals surface area contributed by atoms with Crippen LogP contribution in [0.4, 0.5) is 4.39 Å². The lowest BCUT2D eigenvalue weighted by atomic mass is 10.1. The molecule has 1 heterocycles. The van der Waals surface area contributed by atoms with Crippen molar-refractivity contribution in [2.45, 2.75) is 31.7 Å². The molecule has 1 aromatic carbocycles. The number of alkyl halides is 1. The molecular formula is C14H17BrFNO. The molecule has 1 atom stereocenters. The second-order valence-corrected chi connectivity index (χ2v) is 5.43. The lowest BCUT2D eigenvalue weighted by Gasteiger charge is -2.24. The molecule has 4 heteroatoms. The van der Waals surface area contributed by atoms with Crippen LogP contribution in [0, 0.1) is 5.82 Å². The molecule has 1 aliphatic heterocycles. The predicted molar refractivity (Wildman–Crippen MR) is 73.5 cm³/mol. The largest absolute Gasteiger partial charge is 0.336 e. The molecule has 18 heavy (non-hydrogen) atoms. The molecule has 2 nitrogen and oxygen atoms in total. The summed E-state index contributed by atoms with van der Waals surface area (Å²) in [5, 5.41) is 0.964. The van der Waals surface area contributed by atoms with E-state index in [0.717, 1.165) is 37.6 Å². The van der Waals surface area contributed by atoms with E-state index in [-0.39, 0.29) is 11.7 Å². The summed E-state index contributed by atoms with van der Waals surface area (Å²) in [6, 6.07) is 6.28. The topological polar surface area (TPSA) is 20.3 Å². The minimum Gasteiger partial charge on any atom is -0.336 e. The SMILES string of the molecule is O=C(c1cccc(F)c1)N1CCCC1CCCBr. The molecule has 0 spiro atoms. The van der Waals surface area contributed by atoms with Gasteiger partial charge in [-0.25, -0.2) is 4.39 Å². The van der Waals surface area contributed by atoms with Gasteiger partial charge in [-0.15, -0.1) is 0 Å². The van der Waals surface area contributed by atoms with Crippen molar-refractivity contribution < 1.29 is 9.18 Å². The summed E-state index contributed by atoms with van der Waals surface area (Å²) >= 11 is 3.42. The number of rotatable bonds is 4. The Bertz CT molecular complexity index is 424. The summed E-state index contributed by atoms with van der Waals surface area (Å²) in [4.78, 5) is 14.2. The van der Waals surface area contributed by atoms with Crippen LogP contribution in [-0.4, -0.2) is 28.7 Å². The zero-order valence-corrected chi connectivity index (χ0v) is 11.8. The lowest BCUT2D eigenvalue weighted by molar-refractivity contribution is 0.0730. The normalized spacial score (nSPS) is 19.2. The van der Waals surface area contributed by atoms with E-state index in [1.165, 1.54) is 12.1 Å². The van der Waals surface area contributed by atoms with Gasteiger partial charge in [-0.1, -0.05) is 22.0 Å². The highest BCUT2D eigenvalue weighted by molar-refractivity contribution is 9.09. The minimum atomic E-state index is -0.350. The van der Waals surface area contributed by atoms with Gasteiger partial charge in [0.05, 0.1) is 0 Å². The van der Waals surface area contributed by atoms with Crippen LogP contribution in [0.1, 0.15) is 36.0 Å². The van der Waals surface area contributed by atoms with Crippen LogP contribution in [-0.2, 0) is 0 Å². The van der Waals surface area contributed by atoms with Crippen LogP contribution >= 0.6 is 15.9 Å². The quantitative estimate of drug-likeness (QED) is 0.778. The fraction of sp³-hybridized carbons (Fsp3) is 0.500. The van der Waals surface area contributed by atoms with E-state index in [9.17, 15) is 9.18 Å². The predicted octanol–water partition coefficient (Wildman–Crippen LogP) is 3.61. The number of hydrogen-bond acceptors (Lipinski definition) is 1. The third-order valence-corrected chi connectivity index (χ3v) is 3.94. The first-order valence-corrected chi connectivity index (χ1v) is 7.47. The zero-order chi connectivity index (χ0) is 13.0. The van der Waals surface area contributed by atoms with Gasteiger partial charge in [-0.05, 0) is 43.9 Å². The highest BCUT2D eigenvalue weighted by atomic mass is 79.9. The molecule has 0 bridgehead atoms. The van der Waals surface area contributed by atoms with Crippen molar-refractivity contribution >= 4 is 21.8 Å². The second-order valence-electron chi connectivity index (χ2n) is 4.64. The van der Waals surface area contributed by atoms with Gasteiger partial charge in [-0.2, -0.15) is 0 Å². The lowest BCUT2D eigenvalue weighted by Crippen LogP contribution is -2.35. The van der Waals surface area contributed by atoms with Gasteiger partial charge in [0.15, 0.2) is 0 Å². The van der Waals surface area contributed by atoms with Gasteiger partial charge in [0, 0.05) is 23.5 Å². The number of carbonyl (C=O) groups excluding carboxylic acids is 1. The Kier molecular flexibility index (Phi) is 4.75. The molecule has 1 aliphatic rings. The van der Waals surface area contributed by atoms with Gasteiger partial charge in [-0.3, -0.25) is 4.79 Å². The molecule has 0 N–H and O–H groups in total. The maximum Gasteiger partial charge on any atom is 0.254 e. The smallest absolute Gasteiger partial charge is 0.254 e. The molecular weight excluding hydrogens is 297 g/mol. The standard InChI is InChI=1S/C14H17BrFNO/c15-8-2-6-13-7-3-9-17(13)14(18)11-4-1-5-12(16)10-11/h1,4-5,10,13H,2-3,6-9H2. The molecule has 2 rings (SSSR count). The van der Waals surface area contributed by atoms with Crippen molar-refractivity contribution in [2.75, 3.05) is 11.9 Å². The van der Waals surface area contributed by atoms with E-state index in [0.29, 0.717) is 11.6 Å². The number of nitrogens with zero attached hydrogens (tertiary/aromatic N) is 1. The van der Waals surface area contributed by atoms with Crippen molar-refractivity contribution in [2.24, 2.45) is 0 Å². The van der Waals surface area contributed by atoms with Crippen LogP contribution in [0.3, 0.4) is 0 Å². The summed E-state index contributed by atoms with van der Waals surface area (Å²) < 4.78 is 13.1. The summed E-state index contributed by atoms with van der Waals surface area (Å²) in [6.45, 7) is 0.794. The molecule has 1 aromatic rings. The second kappa shape index (κ2) is 6.32. The van der Waals surface area contributed by atoms with E-state index < -0.39 is 0 Å². The number of halogens is 2. The maximum atomic E-state index is 13.1. The average Bonchev–Trinajstić information content (AvgIpc) is 2.83. The summed E-state index contributed by atoms with van der Waals surface area (Å²) in [6.07, 6.45) is 4.20. The molecule has 1 unspecified atom stereocenters. The molecule has 0 radical (unpaired) electrons. The van der Waals surface area contributed by atoms with E-state index >= 15 is 0 Å². The molecule has 0 saturated carbocycles. The number of carbonyl (C=O) groups is 1. The van der Waals surface area contributed by atoms with Gasteiger partial charge < -0.3 is 4.90 Å². The zero-order valence-electron chi connectivity index (χ0n) is 10.2. The van der Waals surface area contributed by atoms with Crippen molar-refractivity contribution in [3.8, 4) is 0 Å². The van der Waals surface area contributed by atoms with Crippen molar-refractivity contribution in [3.63, 3.8) is 0 Å². The van der Waals surface area contributed by atoms with Crippen molar-refractivity contribution in [1.82, 2.24) is 4.90 Å². The van der Waals surface area contributed by atoms with Crippen LogP contribution in [0.5, 0.6) is 0 Å². The minimum absolute atomic E-state index is 0.0356. The van der Waals surface area contributed by atoms with Crippen LogP contribution in [0.2, 0.25) is 0 Å². The third-order valence-electron chi connectivity index (χ3n) is 3.38. The Morgan fingerprint density at radius 1 is 1.50 bits per heavy atom. The molecule has 1 amide bonds. The van der Waals surface area contributed by atoms with E-state index in [1.807, 2.05) is 4.90 Å². The number of likely N-dealkylation sites (tertiary alicyclic amines) is 1. The average molecular weight is 314 g/mol. The van der Waals surface area contributed by atoms with Gasteiger partial charge >= 0.3 is 0 Å².